The second kappa shape index (κ2) is 5.44. The Morgan fingerprint density at radius 2 is 1.71 bits per heavy atom. The van der Waals surface area contributed by atoms with Crippen molar-refractivity contribution in [3.8, 4) is 5.75 Å². The first-order valence-electron chi connectivity index (χ1n) is 5.28. The highest BCUT2D eigenvalue weighted by Gasteiger charge is 2.00. The molecule has 0 aliphatic heterocycles. The van der Waals surface area contributed by atoms with Crippen molar-refractivity contribution >= 4 is 23.2 Å². The molecule has 0 N–H and O–H groups in total. The molecular weight excluding hydrogens is 255 g/mol. The molecule has 3 heteroatoms. The van der Waals surface area contributed by atoms with E-state index in [1.807, 2.05) is 12.1 Å². The van der Waals surface area contributed by atoms with Crippen molar-refractivity contribution in [1.29, 1.82) is 0 Å². The zero-order valence-electron chi connectivity index (χ0n) is 9.41. The molecule has 0 saturated heterocycles. The van der Waals surface area contributed by atoms with Crippen LogP contribution in [0.25, 0.3) is 0 Å². The van der Waals surface area contributed by atoms with Gasteiger partial charge in [-0.05, 0) is 30.7 Å². The number of aryl methyl sites for hydroxylation is 1. The van der Waals surface area contributed by atoms with Crippen LogP contribution < -0.4 is 4.74 Å². The Balaban J connectivity index is 2.07. The van der Waals surface area contributed by atoms with Crippen molar-refractivity contribution in [3.63, 3.8) is 0 Å². The summed E-state index contributed by atoms with van der Waals surface area (Å²) in [4.78, 5) is 0. The average molecular weight is 267 g/mol. The largest absolute Gasteiger partial charge is 0.489 e. The minimum Gasteiger partial charge on any atom is -0.489 e. The molecule has 2 rings (SSSR count). The van der Waals surface area contributed by atoms with Crippen LogP contribution in [0.1, 0.15) is 11.1 Å². The van der Waals surface area contributed by atoms with Gasteiger partial charge >= 0.3 is 0 Å². The number of rotatable bonds is 3. The minimum absolute atomic E-state index is 0.512. The number of hydrogen-bond acceptors (Lipinski definition) is 1. The predicted molar refractivity (Wildman–Crippen MR) is 72.0 cm³/mol. The molecule has 1 nitrogen and oxygen atoms in total. The molecule has 0 aliphatic carbocycles. The highest BCUT2D eigenvalue weighted by Crippen LogP contribution is 2.24. The van der Waals surface area contributed by atoms with E-state index >= 15 is 0 Å². The van der Waals surface area contributed by atoms with Crippen molar-refractivity contribution in [3.05, 3.63) is 63.6 Å². The van der Waals surface area contributed by atoms with E-state index in [0.29, 0.717) is 22.4 Å². The van der Waals surface area contributed by atoms with E-state index in [4.69, 9.17) is 27.9 Å². The molecule has 0 saturated carbocycles. The number of halogens is 2. The Bertz CT molecular complexity index is 503. The van der Waals surface area contributed by atoms with E-state index in [-0.39, 0.29) is 0 Å². The lowest BCUT2D eigenvalue weighted by molar-refractivity contribution is 0.306. The van der Waals surface area contributed by atoms with Crippen molar-refractivity contribution < 1.29 is 4.74 Å². The molecule has 0 heterocycles. The van der Waals surface area contributed by atoms with Crippen LogP contribution in [0.3, 0.4) is 0 Å². The molecule has 0 aromatic heterocycles. The predicted octanol–water partition coefficient (Wildman–Crippen LogP) is 4.88. The van der Waals surface area contributed by atoms with Gasteiger partial charge in [0.1, 0.15) is 12.4 Å². The van der Waals surface area contributed by atoms with E-state index in [1.165, 1.54) is 5.56 Å². The Hall–Kier alpha value is -1.18. The molecular formula is C14H12Cl2O. The maximum Gasteiger partial charge on any atom is 0.122 e. The van der Waals surface area contributed by atoms with E-state index in [9.17, 15) is 0 Å². The lowest BCUT2D eigenvalue weighted by Crippen LogP contribution is -1.95. The van der Waals surface area contributed by atoms with Crippen LogP contribution in [0.4, 0.5) is 0 Å². The SMILES string of the molecule is Cc1cccc(COc2cc(Cl)cc(Cl)c2)c1. The summed E-state index contributed by atoms with van der Waals surface area (Å²) in [6.07, 6.45) is 0. The molecule has 0 fully saturated rings. The van der Waals surface area contributed by atoms with Crippen LogP contribution in [-0.4, -0.2) is 0 Å². The Morgan fingerprint density at radius 1 is 1.00 bits per heavy atom. The van der Waals surface area contributed by atoms with Crippen LogP contribution in [0.2, 0.25) is 10.0 Å². The van der Waals surface area contributed by atoms with Crippen LogP contribution in [0.5, 0.6) is 5.75 Å². The molecule has 0 aliphatic rings. The summed E-state index contributed by atoms with van der Waals surface area (Å²) in [5.74, 6) is 0.684. The standard InChI is InChI=1S/C14H12Cl2O/c1-10-3-2-4-11(5-10)9-17-14-7-12(15)6-13(16)8-14/h2-8H,9H2,1H3. The van der Waals surface area contributed by atoms with E-state index in [2.05, 4.69) is 19.1 Å². The minimum atomic E-state index is 0.512. The quantitative estimate of drug-likeness (QED) is 0.770. The first-order chi connectivity index (χ1) is 8.13. The highest BCUT2D eigenvalue weighted by molar-refractivity contribution is 6.34. The highest BCUT2D eigenvalue weighted by atomic mass is 35.5. The van der Waals surface area contributed by atoms with Gasteiger partial charge in [0.2, 0.25) is 0 Å². The molecule has 88 valence electrons. The van der Waals surface area contributed by atoms with Gasteiger partial charge in [0.25, 0.3) is 0 Å². The molecule has 0 radical (unpaired) electrons. The average Bonchev–Trinajstić information content (AvgIpc) is 2.25. The van der Waals surface area contributed by atoms with Crippen LogP contribution in [-0.2, 0) is 6.61 Å². The number of hydrogen-bond donors (Lipinski definition) is 0. The van der Waals surface area contributed by atoms with Crippen LogP contribution in [0, 0.1) is 6.92 Å². The normalized spacial score (nSPS) is 10.3. The van der Waals surface area contributed by atoms with Crippen LogP contribution >= 0.6 is 23.2 Å². The van der Waals surface area contributed by atoms with Crippen molar-refractivity contribution in [2.24, 2.45) is 0 Å². The van der Waals surface area contributed by atoms with Crippen molar-refractivity contribution in [2.45, 2.75) is 13.5 Å². The monoisotopic (exact) mass is 266 g/mol. The van der Waals surface area contributed by atoms with Gasteiger partial charge in [-0.1, -0.05) is 53.0 Å². The smallest absolute Gasteiger partial charge is 0.122 e. The summed E-state index contributed by atoms with van der Waals surface area (Å²) in [7, 11) is 0. The molecule has 2 aromatic rings. The fourth-order valence-corrected chi connectivity index (χ4v) is 2.09. The molecule has 0 amide bonds. The molecule has 0 unspecified atom stereocenters. The van der Waals surface area contributed by atoms with Gasteiger partial charge < -0.3 is 4.74 Å². The summed E-state index contributed by atoms with van der Waals surface area (Å²) in [6.45, 7) is 2.57. The lowest BCUT2D eigenvalue weighted by Gasteiger charge is -2.07. The second-order valence-electron chi connectivity index (χ2n) is 3.88. The van der Waals surface area contributed by atoms with Crippen LogP contribution in [0.15, 0.2) is 42.5 Å². The van der Waals surface area contributed by atoms with Gasteiger partial charge in [0.05, 0.1) is 0 Å². The maximum absolute atomic E-state index is 5.89. The fraction of sp³-hybridized carbons (Fsp3) is 0.143. The summed E-state index contributed by atoms with van der Waals surface area (Å²) >= 11 is 11.8. The first kappa shape index (κ1) is 12.3. The van der Waals surface area contributed by atoms with Gasteiger partial charge in [-0.15, -0.1) is 0 Å². The van der Waals surface area contributed by atoms with Gasteiger partial charge in [-0.25, -0.2) is 0 Å². The fourth-order valence-electron chi connectivity index (χ4n) is 1.58. The summed E-state index contributed by atoms with van der Waals surface area (Å²) in [5.41, 5.74) is 2.34. The Labute approximate surface area is 111 Å². The summed E-state index contributed by atoms with van der Waals surface area (Å²) in [6, 6.07) is 13.4. The third-order valence-electron chi connectivity index (χ3n) is 2.32. The molecule has 17 heavy (non-hydrogen) atoms. The van der Waals surface area contributed by atoms with E-state index < -0.39 is 0 Å². The Kier molecular flexibility index (Phi) is 3.93. The third kappa shape index (κ3) is 3.65. The summed E-state index contributed by atoms with van der Waals surface area (Å²) in [5, 5.41) is 1.16. The summed E-state index contributed by atoms with van der Waals surface area (Å²) < 4.78 is 5.64. The maximum atomic E-state index is 5.89. The third-order valence-corrected chi connectivity index (χ3v) is 2.76. The van der Waals surface area contributed by atoms with Gasteiger partial charge in [-0.2, -0.15) is 0 Å². The van der Waals surface area contributed by atoms with Gasteiger partial charge in [-0.3, -0.25) is 0 Å². The van der Waals surface area contributed by atoms with Gasteiger partial charge in [0, 0.05) is 10.0 Å². The molecule has 0 bridgehead atoms. The van der Waals surface area contributed by atoms with Crippen molar-refractivity contribution in [1.82, 2.24) is 0 Å². The first-order valence-corrected chi connectivity index (χ1v) is 6.03. The Morgan fingerprint density at radius 3 is 2.35 bits per heavy atom. The molecule has 0 spiro atoms. The zero-order valence-corrected chi connectivity index (χ0v) is 10.9. The van der Waals surface area contributed by atoms with E-state index in [1.54, 1.807) is 18.2 Å². The zero-order chi connectivity index (χ0) is 12.3. The number of ether oxygens (including phenoxy) is 1. The molecule has 2 aromatic carbocycles. The molecule has 0 atom stereocenters. The van der Waals surface area contributed by atoms with E-state index in [0.717, 1.165) is 5.56 Å². The number of benzene rings is 2. The lowest BCUT2D eigenvalue weighted by atomic mass is 10.1. The van der Waals surface area contributed by atoms with Crippen molar-refractivity contribution in [2.75, 3.05) is 0 Å². The van der Waals surface area contributed by atoms with Gasteiger partial charge in [0.15, 0.2) is 0 Å². The second-order valence-corrected chi connectivity index (χ2v) is 4.76. The topological polar surface area (TPSA) is 9.23 Å².